The van der Waals surface area contributed by atoms with Crippen LogP contribution >= 0.6 is 11.3 Å². The van der Waals surface area contributed by atoms with Gasteiger partial charge in [-0.1, -0.05) is 43.3 Å². The highest BCUT2D eigenvalue weighted by Crippen LogP contribution is 2.40. The van der Waals surface area contributed by atoms with Crippen LogP contribution in [-0.2, 0) is 12.8 Å². The third-order valence-corrected chi connectivity index (χ3v) is 6.89. The van der Waals surface area contributed by atoms with Crippen molar-refractivity contribution in [2.75, 3.05) is 10.6 Å². The maximum atomic E-state index is 13.4. The highest BCUT2D eigenvalue weighted by Gasteiger charge is 2.29. The number of carbonyl (C=O) groups excluding carboxylic acids is 2. The number of nitrogens with one attached hydrogen (secondary N) is 2. The van der Waals surface area contributed by atoms with Gasteiger partial charge in [0.2, 0.25) is 0 Å². The largest absolute Gasteiger partial charge is 0.321 e. The van der Waals surface area contributed by atoms with Crippen LogP contribution < -0.4 is 10.6 Å². The van der Waals surface area contributed by atoms with Crippen LogP contribution in [0.4, 0.5) is 10.7 Å². The molecule has 1 aliphatic carbocycles. The Labute approximate surface area is 181 Å². The number of rotatable bonds is 4. The van der Waals surface area contributed by atoms with Crippen LogP contribution in [0, 0.1) is 19.8 Å². The van der Waals surface area contributed by atoms with Crippen LogP contribution in [0.2, 0.25) is 0 Å². The summed E-state index contributed by atoms with van der Waals surface area (Å²) >= 11 is 1.54. The summed E-state index contributed by atoms with van der Waals surface area (Å²) in [7, 11) is 0. The summed E-state index contributed by atoms with van der Waals surface area (Å²) in [6.07, 6.45) is 2.87. The summed E-state index contributed by atoms with van der Waals surface area (Å²) in [4.78, 5) is 27.4. The Morgan fingerprint density at radius 1 is 0.933 bits per heavy atom. The lowest BCUT2D eigenvalue weighted by Gasteiger charge is -2.19. The van der Waals surface area contributed by atoms with Gasteiger partial charge in [-0.05, 0) is 67.9 Å². The Morgan fingerprint density at radius 2 is 1.63 bits per heavy atom. The molecule has 0 saturated carbocycles. The monoisotopic (exact) mass is 418 g/mol. The standard InChI is InChI=1S/C25H26N2O2S/c1-15-12-13-19-20(14-15)30-25(27-23(28)18-10-5-4-6-11-18)21(19)24(29)26-22-16(2)8-7-9-17(22)3/h4-11,15H,12-14H2,1-3H3,(H,26,29)(H,27,28)/t15-/m0/s1. The fourth-order valence-corrected chi connectivity index (χ4v) is 5.43. The minimum Gasteiger partial charge on any atom is -0.321 e. The number of benzene rings is 2. The number of para-hydroxylation sites is 1. The van der Waals surface area contributed by atoms with Gasteiger partial charge < -0.3 is 10.6 Å². The minimum atomic E-state index is -0.191. The molecular weight excluding hydrogens is 392 g/mol. The zero-order valence-corrected chi connectivity index (χ0v) is 18.4. The predicted octanol–water partition coefficient (Wildman–Crippen LogP) is 5.99. The lowest BCUT2D eigenvalue weighted by Crippen LogP contribution is -2.20. The van der Waals surface area contributed by atoms with E-state index < -0.39 is 0 Å². The van der Waals surface area contributed by atoms with Crippen molar-refractivity contribution < 1.29 is 9.59 Å². The van der Waals surface area contributed by atoms with E-state index in [9.17, 15) is 9.59 Å². The average molecular weight is 419 g/mol. The second kappa shape index (κ2) is 8.44. The Morgan fingerprint density at radius 3 is 2.33 bits per heavy atom. The molecule has 3 aromatic rings. The van der Waals surface area contributed by atoms with Crippen molar-refractivity contribution in [3.8, 4) is 0 Å². The number of anilines is 2. The van der Waals surface area contributed by atoms with Crippen molar-refractivity contribution in [3.63, 3.8) is 0 Å². The first-order valence-electron chi connectivity index (χ1n) is 10.3. The zero-order valence-electron chi connectivity index (χ0n) is 17.5. The summed E-state index contributed by atoms with van der Waals surface area (Å²) in [6, 6.07) is 15.1. The predicted molar refractivity (Wildman–Crippen MR) is 124 cm³/mol. The molecule has 2 amide bonds. The van der Waals surface area contributed by atoms with Gasteiger partial charge in [-0.15, -0.1) is 11.3 Å². The second-order valence-corrected chi connectivity index (χ2v) is 9.20. The molecule has 30 heavy (non-hydrogen) atoms. The van der Waals surface area contributed by atoms with Crippen LogP contribution in [0.3, 0.4) is 0 Å². The van der Waals surface area contributed by atoms with Crippen LogP contribution in [0.1, 0.15) is 55.6 Å². The van der Waals surface area contributed by atoms with Crippen molar-refractivity contribution >= 4 is 33.8 Å². The van der Waals surface area contributed by atoms with Crippen LogP contribution in [-0.4, -0.2) is 11.8 Å². The number of hydrogen-bond acceptors (Lipinski definition) is 3. The third kappa shape index (κ3) is 4.03. The molecule has 0 fully saturated rings. The molecule has 0 bridgehead atoms. The number of thiophene rings is 1. The molecular formula is C25H26N2O2S. The van der Waals surface area contributed by atoms with E-state index >= 15 is 0 Å². The first kappa shape index (κ1) is 20.4. The van der Waals surface area contributed by atoms with Crippen LogP contribution in [0.5, 0.6) is 0 Å². The number of amides is 2. The summed E-state index contributed by atoms with van der Waals surface area (Å²) in [6.45, 7) is 6.22. The van der Waals surface area contributed by atoms with Gasteiger partial charge in [0.25, 0.3) is 11.8 Å². The molecule has 0 aliphatic heterocycles. The number of hydrogen-bond donors (Lipinski definition) is 2. The molecule has 0 spiro atoms. The van der Waals surface area contributed by atoms with Gasteiger partial charge in [0.1, 0.15) is 5.00 Å². The van der Waals surface area contributed by atoms with Crippen molar-refractivity contribution in [1.82, 2.24) is 0 Å². The van der Waals surface area contributed by atoms with E-state index in [1.165, 1.54) is 4.88 Å². The number of aryl methyl sites for hydroxylation is 2. The van der Waals surface area contributed by atoms with Gasteiger partial charge in [-0.3, -0.25) is 9.59 Å². The van der Waals surface area contributed by atoms with Crippen molar-refractivity contribution in [2.45, 2.75) is 40.0 Å². The Bertz CT molecular complexity index is 1080. The average Bonchev–Trinajstić information content (AvgIpc) is 3.08. The summed E-state index contributed by atoms with van der Waals surface area (Å²) < 4.78 is 0. The SMILES string of the molecule is Cc1cccc(C)c1NC(=O)c1c(NC(=O)c2ccccc2)sc2c1CC[C@H](C)C2. The molecule has 1 aromatic heterocycles. The normalized spacial score (nSPS) is 15.4. The number of carbonyl (C=O) groups is 2. The topological polar surface area (TPSA) is 58.2 Å². The van der Waals surface area contributed by atoms with E-state index in [0.29, 0.717) is 22.0 Å². The lowest BCUT2D eigenvalue weighted by molar-refractivity contribution is 0.102. The highest BCUT2D eigenvalue weighted by atomic mass is 32.1. The van der Waals surface area contributed by atoms with Gasteiger partial charge in [0.15, 0.2) is 0 Å². The van der Waals surface area contributed by atoms with Gasteiger partial charge in [-0.25, -0.2) is 0 Å². The molecule has 2 N–H and O–H groups in total. The van der Waals surface area contributed by atoms with E-state index in [4.69, 9.17) is 0 Å². The van der Waals surface area contributed by atoms with Gasteiger partial charge in [0.05, 0.1) is 5.56 Å². The molecule has 5 heteroatoms. The molecule has 0 radical (unpaired) electrons. The minimum absolute atomic E-state index is 0.150. The second-order valence-electron chi connectivity index (χ2n) is 8.10. The van der Waals surface area contributed by atoms with E-state index in [1.807, 2.05) is 50.2 Å². The Hall–Kier alpha value is -2.92. The lowest BCUT2D eigenvalue weighted by atomic mass is 9.88. The van der Waals surface area contributed by atoms with E-state index in [1.54, 1.807) is 23.5 Å². The quantitative estimate of drug-likeness (QED) is 0.546. The van der Waals surface area contributed by atoms with Gasteiger partial charge in [-0.2, -0.15) is 0 Å². The van der Waals surface area contributed by atoms with Gasteiger partial charge in [0, 0.05) is 16.1 Å². The van der Waals surface area contributed by atoms with Crippen LogP contribution in [0.25, 0.3) is 0 Å². The molecule has 1 aliphatic rings. The molecule has 4 nitrogen and oxygen atoms in total. The molecule has 2 aromatic carbocycles. The first-order valence-corrected chi connectivity index (χ1v) is 11.1. The Kier molecular flexibility index (Phi) is 5.73. The molecule has 0 saturated heterocycles. The highest BCUT2D eigenvalue weighted by molar-refractivity contribution is 7.17. The molecule has 0 unspecified atom stereocenters. The van der Waals surface area contributed by atoms with Crippen molar-refractivity contribution in [2.24, 2.45) is 5.92 Å². The first-order chi connectivity index (χ1) is 14.4. The van der Waals surface area contributed by atoms with E-state index in [2.05, 4.69) is 17.6 Å². The van der Waals surface area contributed by atoms with Gasteiger partial charge >= 0.3 is 0 Å². The maximum Gasteiger partial charge on any atom is 0.258 e. The Balaban J connectivity index is 1.70. The van der Waals surface area contributed by atoms with E-state index in [-0.39, 0.29) is 11.8 Å². The molecule has 154 valence electrons. The van der Waals surface area contributed by atoms with Crippen LogP contribution in [0.15, 0.2) is 48.5 Å². The molecule has 4 rings (SSSR count). The fourth-order valence-electron chi connectivity index (χ4n) is 4.03. The smallest absolute Gasteiger partial charge is 0.258 e. The summed E-state index contributed by atoms with van der Waals surface area (Å²) in [5, 5.41) is 6.77. The molecule has 1 heterocycles. The van der Waals surface area contributed by atoms with Crippen molar-refractivity contribution in [3.05, 3.63) is 81.2 Å². The zero-order chi connectivity index (χ0) is 21.3. The fraction of sp³-hybridized carbons (Fsp3) is 0.280. The maximum absolute atomic E-state index is 13.4. The van der Waals surface area contributed by atoms with E-state index in [0.717, 1.165) is 41.6 Å². The molecule has 1 atom stereocenters. The third-order valence-electron chi connectivity index (χ3n) is 5.72. The number of fused-ring (bicyclic) bond motifs is 1. The summed E-state index contributed by atoms with van der Waals surface area (Å²) in [5.41, 5.74) is 5.18. The summed E-state index contributed by atoms with van der Waals surface area (Å²) in [5.74, 6) is 0.245. The van der Waals surface area contributed by atoms with Crippen molar-refractivity contribution in [1.29, 1.82) is 0 Å².